The van der Waals surface area contributed by atoms with Gasteiger partial charge in [-0.2, -0.15) is 0 Å². The minimum Gasteiger partial charge on any atom is -0.313 e. The standard InChI is InChI=1S/C9H17N/c1-2-3-7-10-8-6-9-4-5-9/h2-3,9-10H,4-8H2,1H3/b3-2+. The average Bonchev–Trinajstić information content (AvgIpc) is 2.71. The van der Waals surface area contributed by atoms with Crippen molar-refractivity contribution in [1.29, 1.82) is 0 Å². The molecule has 10 heavy (non-hydrogen) atoms. The number of rotatable bonds is 5. The molecule has 1 nitrogen and oxygen atoms in total. The minimum atomic E-state index is 1.04. The first-order chi connectivity index (χ1) is 4.93. The van der Waals surface area contributed by atoms with Crippen LogP contribution in [-0.2, 0) is 0 Å². The quantitative estimate of drug-likeness (QED) is 0.453. The lowest BCUT2D eigenvalue weighted by Gasteiger charge is -1.97. The maximum absolute atomic E-state index is 3.37. The molecule has 0 aromatic carbocycles. The number of hydrogen-bond acceptors (Lipinski definition) is 1. The molecule has 1 heteroatoms. The molecule has 0 heterocycles. The Labute approximate surface area is 63.5 Å². The maximum atomic E-state index is 3.37. The lowest BCUT2D eigenvalue weighted by molar-refractivity contribution is 0.644. The van der Waals surface area contributed by atoms with E-state index in [9.17, 15) is 0 Å². The predicted octanol–water partition coefficient (Wildman–Crippen LogP) is 1.95. The minimum absolute atomic E-state index is 1.04. The second kappa shape index (κ2) is 4.51. The normalized spacial score (nSPS) is 18.5. The topological polar surface area (TPSA) is 12.0 Å². The van der Waals surface area contributed by atoms with Crippen molar-refractivity contribution in [3.8, 4) is 0 Å². The molecule has 1 aliphatic carbocycles. The summed E-state index contributed by atoms with van der Waals surface area (Å²) in [6.07, 6.45) is 8.59. The molecule has 0 spiro atoms. The Morgan fingerprint density at radius 3 is 2.90 bits per heavy atom. The molecule has 0 radical (unpaired) electrons. The predicted molar refractivity (Wildman–Crippen MR) is 45.0 cm³/mol. The van der Waals surface area contributed by atoms with E-state index in [4.69, 9.17) is 0 Å². The Kier molecular flexibility index (Phi) is 3.52. The van der Waals surface area contributed by atoms with E-state index >= 15 is 0 Å². The van der Waals surface area contributed by atoms with Gasteiger partial charge in [-0.15, -0.1) is 0 Å². The third-order valence-corrected chi connectivity index (χ3v) is 1.92. The van der Waals surface area contributed by atoms with Crippen LogP contribution in [0.1, 0.15) is 26.2 Å². The molecular weight excluding hydrogens is 122 g/mol. The van der Waals surface area contributed by atoms with Crippen LogP contribution in [-0.4, -0.2) is 13.1 Å². The van der Waals surface area contributed by atoms with Crippen LogP contribution in [0.4, 0.5) is 0 Å². The van der Waals surface area contributed by atoms with E-state index in [1.54, 1.807) is 0 Å². The zero-order chi connectivity index (χ0) is 7.23. The molecule has 0 aromatic rings. The maximum Gasteiger partial charge on any atom is 0.0134 e. The fraction of sp³-hybridized carbons (Fsp3) is 0.778. The summed E-state index contributed by atoms with van der Waals surface area (Å²) in [5.41, 5.74) is 0. The van der Waals surface area contributed by atoms with E-state index in [1.807, 2.05) is 0 Å². The first kappa shape index (κ1) is 7.80. The van der Waals surface area contributed by atoms with Crippen molar-refractivity contribution < 1.29 is 0 Å². The van der Waals surface area contributed by atoms with Gasteiger partial charge in [0.1, 0.15) is 0 Å². The van der Waals surface area contributed by atoms with Crippen molar-refractivity contribution in [2.24, 2.45) is 5.92 Å². The highest BCUT2D eigenvalue weighted by atomic mass is 14.8. The number of nitrogens with one attached hydrogen (secondary N) is 1. The third kappa shape index (κ3) is 3.67. The van der Waals surface area contributed by atoms with Crippen molar-refractivity contribution in [2.75, 3.05) is 13.1 Å². The Bertz CT molecular complexity index is 103. The van der Waals surface area contributed by atoms with E-state index in [0.29, 0.717) is 0 Å². The summed E-state index contributed by atoms with van der Waals surface area (Å²) >= 11 is 0. The number of allylic oxidation sites excluding steroid dienone is 1. The molecule has 0 unspecified atom stereocenters. The van der Waals surface area contributed by atoms with Crippen molar-refractivity contribution in [3.05, 3.63) is 12.2 Å². The zero-order valence-corrected chi connectivity index (χ0v) is 6.77. The van der Waals surface area contributed by atoms with Crippen LogP contribution >= 0.6 is 0 Å². The lowest BCUT2D eigenvalue weighted by atomic mass is 10.3. The highest BCUT2D eigenvalue weighted by Crippen LogP contribution is 2.31. The van der Waals surface area contributed by atoms with Crippen LogP contribution in [0.2, 0.25) is 0 Å². The molecule has 1 aliphatic rings. The van der Waals surface area contributed by atoms with E-state index < -0.39 is 0 Å². The second-order valence-electron chi connectivity index (χ2n) is 3.01. The average molecular weight is 139 g/mol. The smallest absolute Gasteiger partial charge is 0.0134 e. The molecule has 1 fully saturated rings. The summed E-state index contributed by atoms with van der Waals surface area (Å²) in [5, 5.41) is 3.37. The van der Waals surface area contributed by atoms with Gasteiger partial charge in [0.05, 0.1) is 0 Å². The Hall–Kier alpha value is -0.300. The third-order valence-electron chi connectivity index (χ3n) is 1.92. The van der Waals surface area contributed by atoms with Crippen LogP contribution in [0.3, 0.4) is 0 Å². The van der Waals surface area contributed by atoms with Gasteiger partial charge >= 0.3 is 0 Å². The summed E-state index contributed by atoms with van der Waals surface area (Å²) in [4.78, 5) is 0. The molecular formula is C9H17N. The zero-order valence-electron chi connectivity index (χ0n) is 6.77. The molecule has 0 aliphatic heterocycles. The van der Waals surface area contributed by atoms with Crippen LogP contribution < -0.4 is 5.32 Å². The Morgan fingerprint density at radius 1 is 1.50 bits per heavy atom. The molecule has 0 aromatic heterocycles. The summed E-state index contributed by atoms with van der Waals surface area (Å²) in [7, 11) is 0. The lowest BCUT2D eigenvalue weighted by Crippen LogP contribution is -2.15. The van der Waals surface area contributed by atoms with Gasteiger partial charge < -0.3 is 5.32 Å². The molecule has 0 bridgehead atoms. The Balaban J connectivity index is 1.76. The van der Waals surface area contributed by atoms with Gasteiger partial charge in [-0.05, 0) is 25.8 Å². The van der Waals surface area contributed by atoms with Crippen molar-refractivity contribution >= 4 is 0 Å². The van der Waals surface area contributed by atoms with Crippen LogP contribution in [0.25, 0.3) is 0 Å². The summed E-state index contributed by atoms with van der Waals surface area (Å²) in [6, 6.07) is 0. The van der Waals surface area contributed by atoms with Gasteiger partial charge in [0, 0.05) is 6.54 Å². The van der Waals surface area contributed by atoms with Gasteiger partial charge in [0.15, 0.2) is 0 Å². The van der Waals surface area contributed by atoms with E-state index in [0.717, 1.165) is 12.5 Å². The van der Waals surface area contributed by atoms with Gasteiger partial charge in [-0.3, -0.25) is 0 Å². The first-order valence-corrected chi connectivity index (χ1v) is 4.25. The monoisotopic (exact) mass is 139 g/mol. The van der Waals surface area contributed by atoms with Gasteiger partial charge in [-0.25, -0.2) is 0 Å². The summed E-state index contributed by atoms with van der Waals surface area (Å²) < 4.78 is 0. The Morgan fingerprint density at radius 2 is 2.30 bits per heavy atom. The van der Waals surface area contributed by atoms with Gasteiger partial charge in [-0.1, -0.05) is 25.0 Å². The number of hydrogen-bond donors (Lipinski definition) is 1. The van der Waals surface area contributed by atoms with E-state index in [2.05, 4.69) is 24.4 Å². The first-order valence-electron chi connectivity index (χ1n) is 4.25. The molecule has 0 amide bonds. The second-order valence-corrected chi connectivity index (χ2v) is 3.01. The van der Waals surface area contributed by atoms with E-state index in [1.165, 1.54) is 25.8 Å². The highest BCUT2D eigenvalue weighted by molar-refractivity contribution is 4.80. The molecule has 1 rings (SSSR count). The SMILES string of the molecule is C/C=C/CNCCC1CC1. The van der Waals surface area contributed by atoms with Crippen LogP contribution in [0.5, 0.6) is 0 Å². The fourth-order valence-corrected chi connectivity index (χ4v) is 1.02. The fourth-order valence-electron chi connectivity index (χ4n) is 1.02. The molecule has 0 saturated heterocycles. The van der Waals surface area contributed by atoms with Crippen LogP contribution in [0, 0.1) is 5.92 Å². The summed E-state index contributed by atoms with van der Waals surface area (Å²) in [5.74, 6) is 1.07. The van der Waals surface area contributed by atoms with E-state index in [-0.39, 0.29) is 0 Å². The molecule has 1 saturated carbocycles. The van der Waals surface area contributed by atoms with Crippen LogP contribution in [0.15, 0.2) is 12.2 Å². The molecule has 58 valence electrons. The van der Waals surface area contributed by atoms with Crippen molar-refractivity contribution in [1.82, 2.24) is 5.32 Å². The molecule has 0 atom stereocenters. The van der Waals surface area contributed by atoms with Crippen molar-refractivity contribution in [3.63, 3.8) is 0 Å². The highest BCUT2D eigenvalue weighted by Gasteiger charge is 2.19. The van der Waals surface area contributed by atoms with Gasteiger partial charge in [0.25, 0.3) is 0 Å². The van der Waals surface area contributed by atoms with Gasteiger partial charge in [0.2, 0.25) is 0 Å². The van der Waals surface area contributed by atoms with Crippen molar-refractivity contribution in [2.45, 2.75) is 26.2 Å². The largest absolute Gasteiger partial charge is 0.313 e. The summed E-state index contributed by atoms with van der Waals surface area (Å²) in [6.45, 7) is 4.31. The molecule has 1 N–H and O–H groups in total.